The predicted octanol–water partition coefficient (Wildman–Crippen LogP) is 1.67. The van der Waals surface area contributed by atoms with E-state index in [9.17, 15) is 9.59 Å². The Morgan fingerprint density at radius 1 is 1.53 bits per heavy atom. The molecule has 0 bridgehead atoms. The molecule has 1 aromatic heterocycles. The second-order valence-electron chi connectivity index (χ2n) is 4.84. The number of amides is 1. The molecule has 0 radical (unpaired) electrons. The highest BCUT2D eigenvalue weighted by molar-refractivity contribution is 5.95. The SMILES string of the molecule is COCCC1(NC(=O)c2cc(C(=O)O)co2)CCC1. The molecule has 1 aromatic rings. The van der Waals surface area contributed by atoms with E-state index in [0.29, 0.717) is 6.61 Å². The maximum absolute atomic E-state index is 12.0. The molecule has 1 fully saturated rings. The van der Waals surface area contributed by atoms with Crippen molar-refractivity contribution < 1.29 is 23.8 Å². The van der Waals surface area contributed by atoms with E-state index in [1.54, 1.807) is 7.11 Å². The van der Waals surface area contributed by atoms with Crippen molar-refractivity contribution in [3.05, 3.63) is 23.7 Å². The van der Waals surface area contributed by atoms with Gasteiger partial charge in [0, 0.05) is 25.3 Å². The Morgan fingerprint density at radius 2 is 2.26 bits per heavy atom. The number of rotatable bonds is 6. The van der Waals surface area contributed by atoms with Gasteiger partial charge in [0.05, 0.1) is 5.56 Å². The summed E-state index contributed by atoms with van der Waals surface area (Å²) in [5.41, 5.74) is -0.256. The molecular formula is C13H17NO5. The summed E-state index contributed by atoms with van der Waals surface area (Å²) in [4.78, 5) is 22.7. The summed E-state index contributed by atoms with van der Waals surface area (Å²) in [5.74, 6) is -1.45. The van der Waals surface area contributed by atoms with Gasteiger partial charge in [0.2, 0.25) is 0 Å². The standard InChI is InChI=1S/C13H17NO5/c1-18-6-5-13(3-2-4-13)14-11(15)10-7-9(8-19-10)12(16)17/h7-8H,2-6H2,1H3,(H,14,15)(H,16,17). The van der Waals surface area contributed by atoms with E-state index in [2.05, 4.69) is 5.32 Å². The number of hydrogen-bond donors (Lipinski definition) is 2. The molecule has 6 nitrogen and oxygen atoms in total. The Hall–Kier alpha value is -1.82. The van der Waals surface area contributed by atoms with Crippen LogP contribution in [0.2, 0.25) is 0 Å². The van der Waals surface area contributed by atoms with Crippen LogP contribution >= 0.6 is 0 Å². The van der Waals surface area contributed by atoms with Crippen molar-refractivity contribution in [2.45, 2.75) is 31.2 Å². The number of hydrogen-bond acceptors (Lipinski definition) is 4. The number of aromatic carboxylic acids is 1. The summed E-state index contributed by atoms with van der Waals surface area (Å²) in [6.07, 6.45) is 4.72. The zero-order valence-electron chi connectivity index (χ0n) is 10.8. The number of carboxylic acids is 1. The van der Waals surface area contributed by atoms with E-state index >= 15 is 0 Å². The van der Waals surface area contributed by atoms with Gasteiger partial charge in [0.1, 0.15) is 6.26 Å². The van der Waals surface area contributed by atoms with Crippen LogP contribution in [-0.4, -0.2) is 36.2 Å². The second-order valence-corrected chi connectivity index (χ2v) is 4.84. The van der Waals surface area contributed by atoms with Gasteiger partial charge in [0.25, 0.3) is 5.91 Å². The van der Waals surface area contributed by atoms with Crippen molar-refractivity contribution in [2.24, 2.45) is 0 Å². The van der Waals surface area contributed by atoms with E-state index < -0.39 is 5.97 Å². The van der Waals surface area contributed by atoms with Crippen molar-refractivity contribution in [2.75, 3.05) is 13.7 Å². The minimum Gasteiger partial charge on any atom is -0.478 e. The molecule has 19 heavy (non-hydrogen) atoms. The van der Waals surface area contributed by atoms with Crippen LogP contribution < -0.4 is 5.32 Å². The Bertz CT molecular complexity index is 475. The van der Waals surface area contributed by atoms with Crippen molar-refractivity contribution in [1.29, 1.82) is 0 Å². The highest BCUT2D eigenvalue weighted by atomic mass is 16.5. The van der Waals surface area contributed by atoms with Crippen LogP contribution in [0, 0.1) is 0 Å². The Morgan fingerprint density at radius 3 is 2.74 bits per heavy atom. The topological polar surface area (TPSA) is 88.8 Å². The summed E-state index contributed by atoms with van der Waals surface area (Å²) >= 11 is 0. The van der Waals surface area contributed by atoms with Gasteiger partial charge < -0.3 is 19.6 Å². The quantitative estimate of drug-likeness (QED) is 0.818. The highest BCUT2D eigenvalue weighted by Crippen LogP contribution is 2.35. The van der Waals surface area contributed by atoms with Gasteiger partial charge in [-0.25, -0.2) is 4.79 Å². The summed E-state index contributed by atoms with van der Waals surface area (Å²) < 4.78 is 10.0. The smallest absolute Gasteiger partial charge is 0.338 e. The van der Waals surface area contributed by atoms with E-state index in [1.807, 2.05) is 0 Å². The first kappa shape index (κ1) is 13.6. The number of carbonyl (C=O) groups is 2. The molecule has 0 spiro atoms. The van der Waals surface area contributed by atoms with Gasteiger partial charge in [0.15, 0.2) is 5.76 Å². The lowest BCUT2D eigenvalue weighted by Crippen LogP contribution is -2.54. The summed E-state index contributed by atoms with van der Waals surface area (Å²) in [5, 5.41) is 11.7. The largest absolute Gasteiger partial charge is 0.478 e. The van der Waals surface area contributed by atoms with Crippen molar-refractivity contribution in [3.8, 4) is 0 Å². The highest BCUT2D eigenvalue weighted by Gasteiger charge is 2.38. The normalized spacial score (nSPS) is 16.7. The molecule has 0 saturated heterocycles. The van der Waals surface area contributed by atoms with Crippen molar-refractivity contribution >= 4 is 11.9 Å². The van der Waals surface area contributed by atoms with Crippen molar-refractivity contribution in [3.63, 3.8) is 0 Å². The lowest BCUT2D eigenvalue weighted by molar-refractivity contribution is 0.0689. The number of ether oxygens (including phenoxy) is 1. The van der Waals surface area contributed by atoms with Crippen LogP contribution in [0.1, 0.15) is 46.6 Å². The molecule has 0 atom stereocenters. The van der Waals surface area contributed by atoms with Gasteiger partial charge >= 0.3 is 5.97 Å². The third-order valence-corrected chi connectivity index (χ3v) is 3.54. The van der Waals surface area contributed by atoms with Crippen LogP contribution in [0.4, 0.5) is 0 Å². The molecule has 1 aliphatic rings. The van der Waals surface area contributed by atoms with E-state index in [-0.39, 0.29) is 22.8 Å². The van der Waals surface area contributed by atoms with Crippen LogP contribution in [0.3, 0.4) is 0 Å². The third-order valence-electron chi connectivity index (χ3n) is 3.54. The molecule has 0 unspecified atom stereocenters. The first-order valence-corrected chi connectivity index (χ1v) is 6.20. The molecule has 104 valence electrons. The number of carbonyl (C=O) groups excluding carboxylic acids is 1. The van der Waals surface area contributed by atoms with Gasteiger partial charge in [-0.15, -0.1) is 0 Å². The maximum atomic E-state index is 12.0. The minimum atomic E-state index is -1.11. The molecule has 1 saturated carbocycles. The van der Waals surface area contributed by atoms with E-state index in [0.717, 1.165) is 31.9 Å². The third kappa shape index (κ3) is 2.96. The molecule has 1 amide bonds. The van der Waals surface area contributed by atoms with Gasteiger partial charge in [-0.3, -0.25) is 4.79 Å². The van der Waals surface area contributed by atoms with E-state index in [1.165, 1.54) is 6.07 Å². The summed E-state index contributed by atoms with van der Waals surface area (Å²) in [7, 11) is 1.62. The molecule has 1 aliphatic carbocycles. The molecule has 6 heteroatoms. The average Bonchev–Trinajstić information content (AvgIpc) is 2.81. The predicted molar refractivity (Wildman–Crippen MR) is 66.2 cm³/mol. The Balaban J connectivity index is 2.00. The monoisotopic (exact) mass is 267 g/mol. The zero-order chi connectivity index (χ0) is 13.9. The fourth-order valence-electron chi connectivity index (χ4n) is 2.21. The van der Waals surface area contributed by atoms with Crippen LogP contribution in [0.5, 0.6) is 0 Å². The summed E-state index contributed by atoms with van der Waals surface area (Å²) in [6.45, 7) is 0.582. The van der Waals surface area contributed by atoms with Crippen LogP contribution in [-0.2, 0) is 4.74 Å². The molecule has 0 aliphatic heterocycles. The van der Waals surface area contributed by atoms with E-state index in [4.69, 9.17) is 14.3 Å². The first-order chi connectivity index (χ1) is 9.06. The number of carboxylic acid groups (broad SMARTS) is 1. The molecule has 1 heterocycles. The fourth-order valence-corrected chi connectivity index (χ4v) is 2.21. The Kier molecular flexibility index (Phi) is 3.90. The summed E-state index contributed by atoms with van der Waals surface area (Å²) in [6, 6.07) is 1.24. The maximum Gasteiger partial charge on any atom is 0.338 e. The fraction of sp³-hybridized carbons (Fsp3) is 0.538. The number of nitrogens with one attached hydrogen (secondary N) is 1. The molecule has 0 aromatic carbocycles. The lowest BCUT2D eigenvalue weighted by atomic mass is 9.74. The number of furan rings is 1. The molecule has 2 rings (SSSR count). The zero-order valence-corrected chi connectivity index (χ0v) is 10.8. The van der Waals surface area contributed by atoms with Gasteiger partial charge in [-0.1, -0.05) is 0 Å². The van der Waals surface area contributed by atoms with Crippen LogP contribution in [0.25, 0.3) is 0 Å². The average molecular weight is 267 g/mol. The van der Waals surface area contributed by atoms with Crippen molar-refractivity contribution in [1.82, 2.24) is 5.32 Å². The van der Waals surface area contributed by atoms with Gasteiger partial charge in [-0.2, -0.15) is 0 Å². The minimum absolute atomic E-state index is 0.0234. The lowest BCUT2D eigenvalue weighted by Gasteiger charge is -2.42. The van der Waals surface area contributed by atoms with Gasteiger partial charge in [-0.05, 0) is 25.7 Å². The Labute approximate surface area is 110 Å². The first-order valence-electron chi connectivity index (χ1n) is 6.20. The molecular weight excluding hydrogens is 250 g/mol. The molecule has 2 N–H and O–H groups in total. The van der Waals surface area contributed by atoms with Crippen LogP contribution in [0.15, 0.2) is 16.7 Å². The second kappa shape index (κ2) is 5.44. The number of methoxy groups -OCH3 is 1.